The van der Waals surface area contributed by atoms with Gasteiger partial charge in [-0.15, -0.1) is 0 Å². The fraction of sp³-hybridized carbons (Fsp3) is 0.0500. The zero-order valence-electron chi connectivity index (χ0n) is 16.8. The van der Waals surface area contributed by atoms with Crippen molar-refractivity contribution in [3.63, 3.8) is 0 Å². The number of rotatable bonds is 6. The third-order valence-corrected chi connectivity index (χ3v) is 5.99. The molecule has 34 heavy (non-hydrogen) atoms. The maximum Gasteiger partial charge on any atom is 0.416 e. The molecule has 14 heteroatoms. The van der Waals surface area contributed by atoms with Crippen molar-refractivity contribution in [1.29, 1.82) is 0 Å². The maximum atomic E-state index is 12.9. The minimum absolute atomic E-state index is 0.0443. The summed E-state index contributed by atoms with van der Waals surface area (Å²) in [7, 11) is -4.29. The van der Waals surface area contributed by atoms with E-state index in [-0.39, 0.29) is 22.1 Å². The van der Waals surface area contributed by atoms with E-state index in [1.807, 2.05) is 0 Å². The first-order chi connectivity index (χ1) is 15.9. The summed E-state index contributed by atoms with van der Waals surface area (Å²) in [6.45, 7) is 0. The first-order valence-corrected chi connectivity index (χ1v) is 11.0. The largest absolute Gasteiger partial charge is 0.416 e. The molecule has 2 amide bonds. The quantitative estimate of drug-likeness (QED) is 0.286. The molecular formula is C20H14ClF3N4O5S. The molecule has 0 fully saturated rings. The number of nitrogens with zero attached hydrogens (tertiary/aromatic N) is 1. The smallest absolute Gasteiger partial charge is 0.306 e. The van der Waals surface area contributed by atoms with Crippen LogP contribution in [0.3, 0.4) is 0 Å². The second kappa shape index (κ2) is 9.57. The average Bonchev–Trinajstić information content (AvgIpc) is 2.76. The number of halogens is 4. The highest BCUT2D eigenvalue weighted by atomic mass is 35.5. The van der Waals surface area contributed by atoms with Gasteiger partial charge in [0.1, 0.15) is 0 Å². The van der Waals surface area contributed by atoms with Gasteiger partial charge >= 0.3 is 12.2 Å². The molecule has 3 rings (SSSR count). The highest BCUT2D eigenvalue weighted by molar-refractivity contribution is 7.92. The van der Waals surface area contributed by atoms with Gasteiger partial charge in [0.25, 0.3) is 15.7 Å². The minimum Gasteiger partial charge on any atom is -0.306 e. The Hall–Kier alpha value is -3.84. The molecule has 0 atom stereocenters. The second-order valence-electron chi connectivity index (χ2n) is 6.68. The molecule has 3 aromatic rings. The van der Waals surface area contributed by atoms with Crippen LogP contribution in [0, 0.1) is 10.1 Å². The monoisotopic (exact) mass is 514 g/mol. The van der Waals surface area contributed by atoms with Gasteiger partial charge in [0, 0.05) is 12.1 Å². The average molecular weight is 515 g/mol. The minimum atomic E-state index is -4.66. The number of urea groups is 1. The van der Waals surface area contributed by atoms with Crippen molar-refractivity contribution in [1.82, 2.24) is 0 Å². The van der Waals surface area contributed by atoms with Crippen molar-refractivity contribution in [3.05, 3.63) is 87.4 Å². The standard InChI is InChI=1S/C20H14ClF3N4O5S/c21-15-9-8-12(20(22,23)24)10-18(15)26-19(29)25-16-6-1-2-7-17(16)27-34(32,33)14-5-3-4-13(11-14)28(30)31/h1-11,27H,(H2,25,26,29). The number of carbonyl (C=O) groups excluding carboxylic acids is 1. The van der Waals surface area contributed by atoms with E-state index in [2.05, 4.69) is 15.4 Å². The SMILES string of the molecule is O=C(Nc1cc(C(F)(F)F)ccc1Cl)Nc1ccccc1NS(=O)(=O)c1cccc([N+](=O)[O-])c1. The molecule has 0 aliphatic heterocycles. The highest BCUT2D eigenvalue weighted by Gasteiger charge is 2.31. The van der Waals surface area contributed by atoms with E-state index in [9.17, 15) is 36.5 Å². The summed E-state index contributed by atoms with van der Waals surface area (Å²) in [6, 6.07) is 11.3. The molecule has 0 spiro atoms. The number of nitro groups is 1. The number of para-hydroxylation sites is 2. The lowest BCUT2D eigenvalue weighted by molar-refractivity contribution is -0.385. The van der Waals surface area contributed by atoms with Gasteiger partial charge < -0.3 is 10.6 Å². The predicted octanol–water partition coefficient (Wildman–Crippen LogP) is 5.71. The number of nitrogens with one attached hydrogen (secondary N) is 3. The molecule has 0 aromatic heterocycles. The molecule has 0 aliphatic rings. The molecule has 9 nitrogen and oxygen atoms in total. The summed E-state index contributed by atoms with van der Waals surface area (Å²) >= 11 is 5.87. The van der Waals surface area contributed by atoms with Gasteiger partial charge in [-0.05, 0) is 36.4 Å². The van der Waals surface area contributed by atoms with Crippen molar-refractivity contribution in [2.24, 2.45) is 0 Å². The number of alkyl halides is 3. The molecule has 0 heterocycles. The van der Waals surface area contributed by atoms with E-state index in [0.29, 0.717) is 6.07 Å². The third-order valence-electron chi connectivity index (χ3n) is 4.30. The molecule has 0 aliphatic carbocycles. The molecule has 3 aromatic carbocycles. The normalized spacial score (nSPS) is 11.5. The van der Waals surface area contributed by atoms with Gasteiger partial charge in [0.2, 0.25) is 0 Å². The van der Waals surface area contributed by atoms with Gasteiger partial charge in [-0.2, -0.15) is 13.2 Å². The van der Waals surface area contributed by atoms with E-state index < -0.39 is 43.3 Å². The van der Waals surface area contributed by atoms with Gasteiger partial charge in [0.05, 0.1) is 37.5 Å². The van der Waals surface area contributed by atoms with Crippen LogP contribution in [0.5, 0.6) is 0 Å². The second-order valence-corrected chi connectivity index (χ2v) is 8.77. The van der Waals surface area contributed by atoms with Gasteiger partial charge in [0.15, 0.2) is 0 Å². The number of hydrogen-bond acceptors (Lipinski definition) is 5. The number of nitro benzene ring substituents is 1. The van der Waals surface area contributed by atoms with Crippen LogP contribution < -0.4 is 15.4 Å². The summed E-state index contributed by atoms with van der Waals surface area (Å²) in [5.41, 5.74) is -1.93. The molecule has 3 N–H and O–H groups in total. The third kappa shape index (κ3) is 5.94. The Balaban J connectivity index is 1.82. The molecule has 0 saturated carbocycles. The van der Waals surface area contributed by atoms with Crippen LogP contribution >= 0.6 is 11.6 Å². The van der Waals surface area contributed by atoms with Gasteiger partial charge in [-0.1, -0.05) is 29.8 Å². The van der Waals surface area contributed by atoms with Crippen molar-refractivity contribution in [2.45, 2.75) is 11.1 Å². The van der Waals surface area contributed by atoms with Crippen LogP contribution in [0.2, 0.25) is 5.02 Å². The first-order valence-electron chi connectivity index (χ1n) is 9.18. The van der Waals surface area contributed by atoms with E-state index >= 15 is 0 Å². The first kappa shape index (κ1) is 24.8. The fourth-order valence-corrected chi connectivity index (χ4v) is 4.01. The van der Waals surface area contributed by atoms with Crippen LogP contribution in [0.25, 0.3) is 0 Å². The topological polar surface area (TPSA) is 130 Å². The van der Waals surface area contributed by atoms with Crippen molar-refractivity contribution >= 4 is 50.4 Å². The number of anilines is 3. The summed E-state index contributed by atoms with van der Waals surface area (Å²) < 4.78 is 66.4. The summed E-state index contributed by atoms with van der Waals surface area (Å²) in [6.07, 6.45) is -4.66. The lowest BCUT2D eigenvalue weighted by Crippen LogP contribution is -2.22. The highest BCUT2D eigenvalue weighted by Crippen LogP contribution is 2.34. The van der Waals surface area contributed by atoms with Crippen molar-refractivity contribution < 1.29 is 31.3 Å². The van der Waals surface area contributed by atoms with Crippen LogP contribution in [0.15, 0.2) is 71.6 Å². The summed E-state index contributed by atoms with van der Waals surface area (Å²) in [5.74, 6) is 0. The zero-order chi connectivity index (χ0) is 25.1. The van der Waals surface area contributed by atoms with Gasteiger partial charge in [-0.3, -0.25) is 14.8 Å². The van der Waals surface area contributed by atoms with E-state index in [0.717, 1.165) is 30.3 Å². The number of benzene rings is 3. The Labute approximate surface area is 195 Å². The Morgan fingerprint density at radius 2 is 1.56 bits per heavy atom. The van der Waals surface area contributed by atoms with Crippen LogP contribution in [0.4, 0.5) is 40.7 Å². The predicted molar refractivity (Wildman–Crippen MR) is 119 cm³/mol. The van der Waals surface area contributed by atoms with E-state index in [4.69, 9.17) is 11.6 Å². The number of non-ortho nitro benzene ring substituents is 1. The summed E-state index contributed by atoms with van der Waals surface area (Å²) in [5, 5.41) is 15.3. The van der Waals surface area contributed by atoms with Crippen LogP contribution in [-0.2, 0) is 16.2 Å². The number of amides is 2. The molecule has 0 radical (unpaired) electrons. The Morgan fingerprint density at radius 3 is 2.21 bits per heavy atom. The Bertz CT molecular complexity index is 1370. The van der Waals surface area contributed by atoms with Crippen molar-refractivity contribution in [3.8, 4) is 0 Å². The fourth-order valence-electron chi connectivity index (χ4n) is 2.72. The lowest BCUT2D eigenvalue weighted by Gasteiger charge is -2.15. The molecule has 178 valence electrons. The van der Waals surface area contributed by atoms with E-state index in [1.165, 1.54) is 30.3 Å². The number of carbonyl (C=O) groups is 1. The summed E-state index contributed by atoms with van der Waals surface area (Å²) in [4.78, 5) is 22.2. The van der Waals surface area contributed by atoms with E-state index in [1.54, 1.807) is 0 Å². The maximum absolute atomic E-state index is 12.9. The Morgan fingerprint density at radius 1 is 0.912 bits per heavy atom. The van der Waals surface area contributed by atoms with Crippen molar-refractivity contribution in [2.75, 3.05) is 15.4 Å². The molecule has 0 bridgehead atoms. The number of sulfonamides is 1. The van der Waals surface area contributed by atoms with Crippen LogP contribution in [-0.4, -0.2) is 19.4 Å². The molecule has 0 saturated heterocycles. The Kier molecular flexibility index (Phi) is 6.98. The lowest BCUT2D eigenvalue weighted by atomic mass is 10.2. The van der Waals surface area contributed by atoms with Crippen LogP contribution in [0.1, 0.15) is 5.56 Å². The molecular weight excluding hydrogens is 501 g/mol. The molecule has 0 unspecified atom stereocenters. The van der Waals surface area contributed by atoms with Gasteiger partial charge in [-0.25, -0.2) is 13.2 Å². The zero-order valence-corrected chi connectivity index (χ0v) is 18.3. The number of hydrogen-bond donors (Lipinski definition) is 3.